The fourth-order valence-corrected chi connectivity index (χ4v) is 2.65. The first-order valence-corrected chi connectivity index (χ1v) is 10.4. The molecule has 6 nitrogen and oxygen atoms in total. The zero-order chi connectivity index (χ0) is 24.6. The topological polar surface area (TPSA) is 85.6 Å². The highest BCUT2D eigenvalue weighted by Gasteiger charge is 2.31. The lowest BCUT2D eigenvalue weighted by Crippen LogP contribution is -2.35. The van der Waals surface area contributed by atoms with E-state index in [0.29, 0.717) is 23.4 Å². The maximum atomic E-state index is 13.4. The van der Waals surface area contributed by atoms with Crippen LogP contribution in [0, 0.1) is 11.8 Å². The molecule has 2 rings (SSSR count). The molecule has 0 saturated heterocycles. The molecule has 0 aromatic heterocycles. The van der Waals surface area contributed by atoms with Gasteiger partial charge in [0.05, 0.1) is 11.1 Å². The van der Waals surface area contributed by atoms with Crippen molar-refractivity contribution < 1.29 is 27.4 Å². The Morgan fingerprint density at radius 2 is 1.82 bits per heavy atom. The molecule has 2 aromatic rings. The Labute approximate surface area is 191 Å². The number of ether oxygens (including phenoxy) is 2. The summed E-state index contributed by atoms with van der Waals surface area (Å²) in [4.78, 5) is 11.7. The van der Waals surface area contributed by atoms with E-state index in [1.807, 2.05) is 6.92 Å². The van der Waals surface area contributed by atoms with Crippen LogP contribution < -0.4 is 21.1 Å². The fraction of sp³-hybridized carbons (Fsp3) is 0.375. The number of halogens is 3. The highest BCUT2D eigenvalue weighted by Crippen LogP contribution is 2.36. The van der Waals surface area contributed by atoms with E-state index in [4.69, 9.17) is 15.2 Å². The van der Waals surface area contributed by atoms with Crippen LogP contribution in [-0.4, -0.2) is 24.8 Å². The van der Waals surface area contributed by atoms with Gasteiger partial charge in [0.1, 0.15) is 17.1 Å². The van der Waals surface area contributed by atoms with Gasteiger partial charge in [-0.05, 0) is 51.1 Å². The molecule has 0 fully saturated rings. The third kappa shape index (κ3) is 8.85. The molecule has 0 atom stereocenters. The van der Waals surface area contributed by atoms with Gasteiger partial charge in [-0.15, -0.1) is 0 Å². The van der Waals surface area contributed by atoms with Crippen LogP contribution in [0.2, 0.25) is 0 Å². The van der Waals surface area contributed by atoms with Crippen molar-refractivity contribution in [3.63, 3.8) is 0 Å². The molecule has 178 valence electrons. The van der Waals surface area contributed by atoms with Crippen LogP contribution in [0.4, 0.5) is 29.3 Å². The van der Waals surface area contributed by atoms with E-state index >= 15 is 0 Å². The van der Waals surface area contributed by atoms with Gasteiger partial charge in [-0.3, -0.25) is 0 Å². The normalized spacial score (nSPS) is 11.2. The van der Waals surface area contributed by atoms with Gasteiger partial charge in [0.15, 0.2) is 0 Å². The van der Waals surface area contributed by atoms with E-state index in [1.165, 1.54) is 6.07 Å². The number of benzene rings is 2. The number of nitrogens with one attached hydrogen (secondary N) is 2. The number of rotatable bonds is 6. The van der Waals surface area contributed by atoms with Crippen molar-refractivity contribution >= 4 is 17.5 Å². The lowest BCUT2D eigenvalue weighted by atomic mass is 10.1. The molecule has 0 heterocycles. The maximum Gasteiger partial charge on any atom is 0.416 e. The Morgan fingerprint density at radius 3 is 2.45 bits per heavy atom. The van der Waals surface area contributed by atoms with Crippen molar-refractivity contribution in [3.05, 3.63) is 47.5 Å². The number of alkyl carbamates (subject to hydrolysis) is 1. The standard InChI is InChI=1S/C24H28F3N3O3/c1-5-6-7-16-12-18(28)8-9-21(16)32-20-14-17(24(25,26)27)13-19(15-20)29-10-11-30-22(31)33-23(2,3)4/h8-9,12-15,29H,5,10-11,28H2,1-4H3,(H,30,31). The Morgan fingerprint density at radius 1 is 1.09 bits per heavy atom. The van der Waals surface area contributed by atoms with E-state index in [-0.39, 0.29) is 24.5 Å². The number of amides is 1. The highest BCUT2D eigenvalue weighted by molar-refractivity contribution is 5.67. The van der Waals surface area contributed by atoms with Crippen LogP contribution in [0.15, 0.2) is 36.4 Å². The molecule has 0 aliphatic heterocycles. The summed E-state index contributed by atoms with van der Waals surface area (Å²) in [6.07, 6.45) is -4.58. The van der Waals surface area contributed by atoms with Crippen molar-refractivity contribution in [2.75, 3.05) is 24.1 Å². The SMILES string of the molecule is CCC#Cc1cc(N)ccc1Oc1cc(NCCNC(=O)OC(C)(C)C)cc(C(F)(F)F)c1. The lowest BCUT2D eigenvalue weighted by Gasteiger charge is -2.20. The number of nitrogens with two attached hydrogens (primary N) is 1. The molecule has 0 bridgehead atoms. The maximum absolute atomic E-state index is 13.4. The van der Waals surface area contributed by atoms with Crippen molar-refractivity contribution in [1.29, 1.82) is 0 Å². The average molecular weight is 464 g/mol. The molecule has 9 heteroatoms. The Hall–Kier alpha value is -3.54. The molecular weight excluding hydrogens is 435 g/mol. The second-order valence-electron chi connectivity index (χ2n) is 8.11. The van der Waals surface area contributed by atoms with Gasteiger partial charge in [-0.1, -0.05) is 18.8 Å². The van der Waals surface area contributed by atoms with Gasteiger partial charge < -0.3 is 25.8 Å². The predicted molar refractivity (Wildman–Crippen MR) is 122 cm³/mol. The average Bonchev–Trinajstić information content (AvgIpc) is 2.69. The zero-order valence-corrected chi connectivity index (χ0v) is 19.0. The smallest absolute Gasteiger partial charge is 0.416 e. The molecule has 0 aliphatic rings. The van der Waals surface area contributed by atoms with Gasteiger partial charge in [-0.25, -0.2) is 4.79 Å². The number of hydrogen-bond acceptors (Lipinski definition) is 5. The summed E-state index contributed by atoms with van der Waals surface area (Å²) in [5, 5.41) is 5.40. The monoisotopic (exact) mass is 463 g/mol. The summed E-state index contributed by atoms with van der Waals surface area (Å²) in [5.41, 5.74) is 5.40. The number of alkyl halides is 3. The largest absolute Gasteiger partial charge is 0.456 e. The van der Waals surface area contributed by atoms with E-state index < -0.39 is 23.4 Å². The lowest BCUT2D eigenvalue weighted by molar-refractivity contribution is -0.137. The molecule has 0 radical (unpaired) electrons. The van der Waals surface area contributed by atoms with Crippen LogP contribution in [0.25, 0.3) is 0 Å². The third-order valence-corrected chi connectivity index (χ3v) is 3.99. The molecule has 0 saturated carbocycles. The Kier molecular flexibility index (Phi) is 8.46. The molecule has 0 unspecified atom stereocenters. The van der Waals surface area contributed by atoms with Crippen LogP contribution in [-0.2, 0) is 10.9 Å². The van der Waals surface area contributed by atoms with Crippen molar-refractivity contribution in [2.24, 2.45) is 0 Å². The number of carbonyl (C=O) groups is 1. The summed E-state index contributed by atoms with van der Waals surface area (Å²) in [6, 6.07) is 8.08. The van der Waals surface area contributed by atoms with Gasteiger partial charge in [0.25, 0.3) is 0 Å². The second-order valence-corrected chi connectivity index (χ2v) is 8.11. The van der Waals surface area contributed by atoms with Gasteiger partial charge in [-0.2, -0.15) is 13.2 Å². The zero-order valence-electron chi connectivity index (χ0n) is 19.0. The van der Waals surface area contributed by atoms with Crippen LogP contribution >= 0.6 is 0 Å². The first-order chi connectivity index (χ1) is 15.4. The third-order valence-electron chi connectivity index (χ3n) is 3.99. The molecule has 4 N–H and O–H groups in total. The van der Waals surface area contributed by atoms with Crippen molar-refractivity contribution in [3.8, 4) is 23.3 Å². The fourth-order valence-electron chi connectivity index (χ4n) is 2.65. The van der Waals surface area contributed by atoms with E-state index in [1.54, 1.807) is 39.0 Å². The highest BCUT2D eigenvalue weighted by atomic mass is 19.4. The minimum atomic E-state index is -4.57. The molecule has 0 aliphatic carbocycles. The summed E-state index contributed by atoms with van der Waals surface area (Å²) in [6.45, 7) is 7.40. The molecule has 0 spiro atoms. The van der Waals surface area contributed by atoms with Crippen LogP contribution in [0.5, 0.6) is 11.5 Å². The summed E-state index contributed by atoms with van der Waals surface area (Å²) < 4.78 is 51.2. The Bertz CT molecular complexity index is 1040. The minimum absolute atomic E-state index is 0.0169. The van der Waals surface area contributed by atoms with E-state index in [0.717, 1.165) is 12.1 Å². The summed E-state index contributed by atoms with van der Waals surface area (Å²) in [5.74, 6) is 6.08. The van der Waals surface area contributed by atoms with Gasteiger partial charge in [0, 0.05) is 37.0 Å². The Balaban J connectivity index is 2.19. The second kappa shape index (κ2) is 10.9. The predicted octanol–water partition coefficient (Wildman–Crippen LogP) is 5.78. The van der Waals surface area contributed by atoms with Crippen LogP contribution in [0.3, 0.4) is 0 Å². The molecule has 33 heavy (non-hydrogen) atoms. The van der Waals surface area contributed by atoms with Gasteiger partial charge >= 0.3 is 12.3 Å². The van der Waals surface area contributed by atoms with Crippen LogP contribution in [0.1, 0.15) is 45.2 Å². The van der Waals surface area contributed by atoms with Crippen molar-refractivity contribution in [1.82, 2.24) is 5.32 Å². The number of carbonyl (C=O) groups excluding carboxylic acids is 1. The number of hydrogen-bond donors (Lipinski definition) is 3. The van der Waals surface area contributed by atoms with E-state index in [2.05, 4.69) is 22.5 Å². The summed E-state index contributed by atoms with van der Waals surface area (Å²) in [7, 11) is 0. The molecule has 2 aromatic carbocycles. The van der Waals surface area contributed by atoms with E-state index in [9.17, 15) is 18.0 Å². The molecular formula is C24H28F3N3O3. The number of nitrogen functional groups attached to an aromatic ring is 1. The first kappa shape index (κ1) is 25.7. The minimum Gasteiger partial charge on any atom is -0.456 e. The first-order valence-electron chi connectivity index (χ1n) is 10.4. The summed E-state index contributed by atoms with van der Waals surface area (Å²) >= 11 is 0. The molecule has 1 amide bonds. The van der Waals surface area contributed by atoms with Crippen molar-refractivity contribution in [2.45, 2.75) is 45.9 Å². The van der Waals surface area contributed by atoms with Gasteiger partial charge in [0.2, 0.25) is 0 Å². The quantitative estimate of drug-likeness (QED) is 0.287. The number of anilines is 2.